The van der Waals surface area contributed by atoms with E-state index in [2.05, 4.69) is 15.6 Å². The average Bonchev–Trinajstić information content (AvgIpc) is 3.04. The molecule has 1 aromatic heterocycles. The van der Waals surface area contributed by atoms with E-state index in [4.69, 9.17) is 4.74 Å². The zero-order valence-corrected chi connectivity index (χ0v) is 24.4. The van der Waals surface area contributed by atoms with Gasteiger partial charge in [0.05, 0.1) is 13.7 Å². The number of fused-ring (bicyclic) bond motifs is 5. The van der Waals surface area contributed by atoms with Gasteiger partial charge in [-0.2, -0.15) is 0 Å². The molecule has 4 bridgehead atoms. The molecule has 4 N–H and O–H groups in total. The monoisotopic (exact) mass is 594 g/mol. The second-order valence-corrected chi connectivity index (χ2v) is 10.6. The number of aromatic amines is 1. The second-order valence-electron chi connectivity index (χ2n) is 10.6. The van der Waals surface area contributed by atoms with Crippen LogP contribution in [0.25, 0.3) is 22.4 Å². The molecule has 3 aromatic carbocycles. The van der Waals surface area contributed by atoms with Gasteiger partial charge in [-0.1, -0.05) is 18.2 Å². The lowest BCUT2D eigenvalue weighted by Crippen LogP contribution is -2.43. The molecule has 0 aliphatic carbocycles. The van der Waals surface area contributed by atoms with E-state index in [9.17, 15) is 24.3 Å². The lowest BCUT2D eigenvalue weighted by atomic mass is 9.98. The highest BCUT2D eigenvalue weighted by atomic mass is 16.5. The minimum atomic E-state index is -0.555. The zero-order valence-electron chi connectivity index (χ0n) is 24.4. The van der Waals surface area contributed by atoms with Crippen LogP contribution in [0.3, 0.4) is 0 Å². The van der Waals surface area contributed by atoms with Crippen molar-refractivity contribution in [3.8, 4) is 33.9 Å². The molecule has 44 heavy (non-hydrogen) atoms. The number of aromatic nitrogens is 1. The average molecular weight is 595 g/mol. The fraction of sp³-hybridized carbons (Fsp3) is 0.235. The van der Waals surface area contributed by atoms with Crippen molar-refractivity contribution in [3.05, 3.63) is 106 Å². The van der Waals surface area contributed by atoms with Gasteiger partial charge in [-0.15, -0.1) is 0 Å². The first-order valence-electron chi connectivity index (χ1n) is 14.5. The van der Waals surface area contributed by atoms with Gasteiger partial charge in [-0.25, -0.2) is 0 Å². The van der Waals surface area contributed by atoms with Crippen LogP contribution >= 0.6 is 0 Å². The first kappa shape index (κ1) is 30.1. The van der Waals surface area contributed by atoms with Gasteiger partial charge < -0.3 is 30.4 Å². The lowest BCUT2D eigenvalue weighted by molar-refractivity contribution is -0.121. The first-order chi connectivity index (χ1) is 21.3. The summed E-state index contributed by atoms with van der Waals surface area (Å²) in [6.45, 7) is 0.661. The molecule has 2 heterocycles. The summed E-state index contributed by atoms with van der Waals surface area (Å²) in [6, 6.07) is 22.5. The number of carbonyl (C=O) groups is 3. The highest BCUT2D eigenvalue weighted by Gasteiger charge is 2.22. The molecule has 0 atom stereocenters. The first-order valence-corrected chi connectivity index (χ1v) is 14.5. The predicted molar refractivity (Wildman–Crippen MR) is 167 cm³/mol. The third-order valence-electron chi connectivity index (χ3n) is 7.54. The molecule has 0 radical (unpaired) electrons. The van der Waals surface area contributed by atoms with Crippen molar-refractivity contribution in [2.45, 2.75) is 19.3 Å². The molecular weight excluding hydrogens is 560 g/mol. The minimum Gasteiger partial charge on any atom is -0.507 e. The molecule has 0 fully saturated rings. The summed E-state index contributed by atoms with van der Waals surface area (Å²) in [6.07, 6.45) is 1.53. The Kier molecular flexibility index (Phi) is 9.39. The summed E-state index contributed by atoms with van der Waals surface area (Å²) < 4.78 is 5.19. The topological polar surface area (TPSA) is 141 Å². The van der Waals surface area contributed by atoms with Crippen LogP contribution in [0.15, 0.2) is 83.7 Å². The predicted octanol–water partition coefficient (Wildman–Crippen LogP) is 3.75. The van der Waals surface area contributed by atoms with Gasteiger partial charge in [-0.05, 0) is 96.6 Å². The number of amides is 3. The molecule has 0 saturated heterocycles. The van der Waals surface area contributed by atoms with Crippen molar-refractivity contribution < 1.29 is 24.2 Å². The number of phenolic OH excluding ortho intramolecular Hbond substituents is 1. The van der Waals surface area contributed by atoms with E-state index in [1.165, 1.54) is 11.0 Å². The maximum Gasteiger partial charge on any atom is 0.261 e. The van der Waals surface area contributed by atoms with Crippen LogP contribution in [0, 0.1) is 0 Å². The van der Waals surface area contributed by atoms with Gasteiger partial charge in [0.25, 0.3) is 17.4 Å². The Labute approximate surface area is 254 Å². The number of carbonyl (C=O) groups excluding carboxylic acids is 3. The van der Waals surface area contributed by atoms with Crippen molar-refractivity contribution >= 4 is 17.7 Å². The Balaban J connectivity index is 1.34. The van der Waals surface area contributed by atoms with Crippen molar-refractivity contribution in [2.24, 2.45) is 0 Å². The van der Waals surface area contributed by atoms with Crippen LogP contribution in [0.4, 0.5) is 0 Å². The summed E-state index contributed by atoms with van der Waals surface area (Å²) in [7, 11) is 1.57. The number of pyridine rings is 1. The Hall–Kier alpha value is -5.38. The van der Waals surface area contributed by atoms with E-state index in [-0.39, 0.29) is 36.2 Å². The van der Waals surface area contributed by atoms with Gasteiger partial charge in [-0.3, -0.25) is 19.2 Å². The maximum atomic E-state index is 13.5. The second kappa shape index (κ2) is 13.7. The number of hydrogen-bond acceptors (Lipinski definition) is 6. The quantitative estimate of drug-likeness (QED) is 0.285. The number of methoxy groups -OCH3 is 1. The molecule has 10 heteroatoms. The number of rotatable bonds is 3. The van der Waals surface area contributed by atoms with E-state index in [1.54, 1.807) is 67.8 Å². The molecule has 0 unspecified atom stereocenters. The van der Waals surface area contributed by atoms with Crippen LogP contribution in [-0.4, -0.2) is 66.0 Å². The van der Waals surface area contributed by atoms with Gasteiger partial charge in [0, 0.05) is 36.5 Å². The zero-order chi connectivity index (χ0) is 31.1. The number of hydrogen-bond donors (Lipinski definition) is 4. The molecule has 5 rings (SSSR count). The molecule has 10 nitrogen and oxygen atoms in total. The molecule has 4 aromatic rings. The smallest absolute Gasteiger partial charge is 0.261 e. The number of aromatic hydroxyl groups is 1. The number of nitrogens with zero attached hydrogens (tertiary/aromatic N) is 1. The van der Waals surface area contributed by atoms with E-state index >= 15 is 0 Å². The fourth-order valence-electron chi connectivity index (χ4n) is 5.11. The van der Waals surface area contributed by atoms with Crippen molar-refractivity contribution in [1.29, 1.82) is 0 Å². The Bertz CT molecular complexity index is 1730. The summed E-state index contributed by atoms with van der Waals surface area (Å²) in [5.41, 5.74) is 3.33. The molecule has 1 aliphatic rings. The van der Waals surface area contributed by atoms with Gasteiger partial charge in [0.1, 0.15) is 17.1 Å². The Morgan fingerprint density at radius 3 is 2.41 bits per heavy atom. The Morgan fingerprint density at radius 2 is 1.64 bits per heavy atom. The molecule has 0 spiro atoms. The fourth-order valence-corrected chi connectivity index (χ4v) is 5.11. The van der Waals surface area contributed by atoms with E-state index < -0.39 is 11.5 Å². The standard InChI is InChI=1S/C34H34N4O6/c1-44-26-10-8-23(9-11-26)29-13-12-27(33(42)37-29)34(43)38-18-3-2-16-36-32(41)25-6-4-5-24(20-25)28-19-22(7-14-30(28)39)15-17-35-31(40)21-38/h4-14,19-20,39H,2-3,15-18,21H2,1H3,(H,35,40)(H,36,41)(H,37,42). The maximum absolute atomic E-state index is 13.5. The lowest BCUT2D eigenvalue weighted by Gasteiger charge is -2.22. The van der Waals surface area contributed by atoms with Crippen LogP contribution in [0.1, 0.15) is 39.1 Å². The molecular formula is C34H34N4O6. The van der Waals surface area contributed by atoms with Gasteiger partial charge >= 0.3 is 0 Å². The summed E-state index contributed by atoms with van der Waals surface area (Å²) in [5.74, 6) is -0.390. The summed E-state index contributed by atoms with van der Waals surface area (Å²) in [5, 5.41) is 16.3. The Morgan fingerprint density at radius 1 is 0.841 bits per heavy atom. The molecule has 226 valence electrons. The van der Waals surface area contributed by atoms with E-state index in [0.717, 1.165) is 11.1 Å². The van der Waals surface area contributed by atoms with Crippen LogP contribution < -0.4 is 20.9 Å². The van der Waals surface area contributed by atoms with E-state index in [0.29, 0.717) is 60.5 Å². The number of nitrogens with one attached hydrogen (secondary N) is 3. The number of benzene rings is 3. The highest BCUT2D eigenvalue weighted by molar-refractivity contribution is 5.97. The third kappa shape index (κ3) is 7.15. The van der Waals surface area contributed by atoms with Gasteiger partial charge in [0.15, 0.2) is 0 Å². The van der Waals surface area contributed by atoms with Crippen LogP contribution in [-0.2, 0) is 11.2 Å². The third-order valence-corrected chi connectivity index (χ3v) is 7.54. The van der Waals surface area contributed by atoms with E-state index in [1.807, 2.05) is 12.1 Å². The normalized spacial score (nSPS) is 14.5. The highest BCUT2D eigenvalue weighted by Crippen LogP contribution is 2.31. The van der Waals surface area contributed by atoms with Gasteiger partial charge in [0.2, 0.25) is 5.91 Å². The van der Waals surface area contributed by atoms with Crippen molar-refractivity contribution in [2.75, 3.05) is 33.3 Å². The summed E-state index contributed by atoms with van der Waals surface area (Å²) >= 11 is 0. The SMILES string of the molecule is COc1ccc(-c2ccc(C(=O)N3CCCCNC(=O)c4cccc(c4)-c4cc(ccc4O)CCNC(=O)C3)c(=O)[nH]2)cc1. The number of ether oxygens (including phenoxy) is 1. The summed E-state index contributed by atoms with van der Waals surface area (Å²) in [4.78, 5) is 56.5. The van der Waals surface area contributed by atoms with Crippen molar-refractivity contribution in [1.82, 2.24) is 20.5 Å². The largest absolute Gasteiger partial charge is 0.507 e. The van der Waals surface area contributed by atoms with Crippen LogP contribution in [0.5, 0.6) is 11.5 Å². The number of phenols is 1. The molecule has 0 saturated carbocycles. The molecule has 3 amide bonds. The minimum absolute atomic E-state index is 0.0676. The number of H-pyrrole nitrogens is 1. The molecule has 1 aliphatic heterocycles. The van der Waals surface area contributed by atoms with Crippen LogP contribution in [0.2, 0.25) is 0 Å². The van der Waals surface area contributed by atoms with Crippen molar-refractivity contribution in [3.63, 3.8) is 0 Å².